The maximum Gasteiger partial charge on any atom is 0.305 e. The fourth-order valence-corrected chi connectivity index (χ4v) is 5.30. The summed E-state index contributed by atoms with van der Waals surface area (Å²) in [5, 5.41) is 11.4. The summed E-state index contributed by atoms with van der Waals surface area (Å²) in [5.74, 6) is -1.90. The van der Waals surface area contributed by atoms with E-state index in [0.29, 0.717) is 16.8 Å². The van der Waals surface area contributed by atoms with Gasteiger partial charge in [-0.1, -0.05) is 44.0 Å². The Morgan fingerprint density at radius 1 is 1.14 bits per heavy atom. The maximum absolute atomic E-state index is 14.0. The van der Waals surface area contributed by atoms with E-state index in [0.717, 1.165) is 50.5 Å². The van der Waals surface area contributed by atoms with Crippen LogP contribution in [0.5, 0.6) is 0 Å². The Bertz CT molecular complexity index is 1160. The predicted octanol–water partition coefficient (Wildman–Crippen LogP) is 4.86. The number of carbonyl (C=O) groups is 3. The molecule has 2 aromatic rings. The van der Waals surface area contributed by atoms with E-state index in [4.69, 9.17) is 10.1 Å². The average Bonchev–Trinajstić information content (AvgIpc) is 3.14. The number of aliphatic carboxylic acids is 1. The Kier molecular flexibility index (Phi) is 7.82. The van der Waals surface area contributed by atoms with Gasteiger partial charge < -0.3 is 15.3 Å². The van der Waals surface area contributed by atoms with Gasteiger partial charge in [-0.2, -0.15) is 0 Å². The van der Waals surface area contributed by atoms with E-state index in [1.165, 1.54) is 12.1 Å². The van der Waals surface area contributed by atoms with Crippen LogP contribution in [0.25, 0.3) is 0 Å². The third-order valence-corrected chi connectivity index (χ3v) is 7.00. The minimum atomic E-state index is -0.972. The number of hydrogen-bond acceptors (Lipinski definition) is 4. The molecule has 1 aliphatic carbocycles. The van der Waals surface area contributed by atoms with Gasteiger partial charge in [-0.05, 0) is 61.9 Å². The summed E-state index contributed by atoms with van der Waals surface area (Å²) in [5.41, 5.74) is 1.50. The number of rotatable bonds is 9. The Morgan fingerprint density at radius 3 is 2.50 bits per heavy atom. The molecule has 0 bridgehead atoms. The summed E-state index contributed by atoms with van der Waals surface area (Å²) in [4.78, 5) is 43.9. The fourth-order valence-electron chi connectivity index (χ4n) is 5.30. The Balaban J connectivity index is 1.64. The first-order valence-corrected chi connectivity index (χ1v) is 12.6. The lowest BCUT2D eigenvalue weighted by Gasteiger charge is -2.44. The monoisotopic (exact) mass is 493 g/mol. The van der Waals surface area contributed by atoms with Crippen molar-refractivity contribution >= 4 is 23.5 Å². The second kappa shape index (κ2) is 11.0. The summed E-state index contributed by atoms with van der Waals surface area (Å²) in [6.07, 6.45) is 5.99. The highest BCUT2D eigenvalue weighted by Gasteiger charge is 2.50. The van der Waals surface area contributed by atoms with Crippen molar-refractivity contribution < 1.29 is 23.9 Å². The minimum Gasteiger partial charge on any atom is -0.481 e. The Labute approximate surface area is 210 Å². The van der Waals surface area contributed by atoms with Crippen molar-refractivity contribution in [1.29, 1.82) is 0 Å². The van der Waals surface area contributed by atoms with E-state index >= 15 is 0 Å². The lowest BCUT2D eigenvalue weighted by Crippen LogP contribution is -2.50. The zero-order valence-corrected chi connectivity index (χ0v) is 20.5. The molecule has 1 heterocycles. The van der Waals surface area contributed by atoms with E-state index in [-0.39, 0.29) is 30.8 Å². The number of nitrogens with zero attached hydrogens (tertiary/aromatic N) is 2. The standard InChI is InChI=1S/C28H32FN3O4/c1-2-7-23(19-10-12-20(13-11-19)26(35)30-17-14-24(33)34)32-27(36)25(21-8-6-9-22(29)18-21)31-28(32)15-4-3-5-16-28/h6,8-13,18,23H,2-5,7,14-17H2,1H3,(H,30,35)(H,33,34). The van der Waals surface area contributed by atoms with Crippen molar-refractivity contribution in [3.8, 4) is 0 Å². The van der Waals surface area contributed by atoms with Gasteiger partial charge in [0.25, 0.3) is 11.8 Å². The fraction of sp³-hybridized carbons (Fsp3) is 0.429. The molecule has 1 fully saturated rings. The first-order valence-electron chi connectivity index (χ1n) is 12.6. The number of carboxylic acid groups (broad SMARTS) is 1. The van der Waals surface area contributed by atoms with Gasteiger partial charge in [0.05, 0.1) is 12.5 Å². The number of benzene rings is 2. The highest BCUT2D eigenvalue weighted by molar-refractivity contribution is 6.46. The van der Waals surface area contributed by atoms with Crippen LogP contribution >= 0.6 is 0 Å². The highest BCUT2D eigenvalue weighted by Crippen LogP contribution is 2.45. The molecular formula is C28H32FN3O4. The zero-order valence-electron chi connectivity index (χ0n) is 20.5. The topological polar surface area (TPSA) is 99.1 Å². The third kappa shape index (κ3) is 5.32. The van der Waals surface area contributed by atoms with Crippen LogP contribution in [0, 0.1) is 5.82 Å². The molecule has 1 aliphatic heterocycles. The van der Waals surface area contributed by atoms with Crippen molar-refractivity contribution in [1.82, 2.24) is 10.2 Å². The lowest BCUT2D eigenvalue weighted by molar-refractivity contribution is -0.137. The number of carbonyl (C=O) groups excluding carboxylic acids is 2. The van der Waals surface area contributed by atoms with Crippen LogP contribution < -0.4 is 5.32 Å². The first kappa shape index (κ1) is 25.5. The van der Waals surface area contributed by atoms with Crippen molar-refractivity contribution in [3.63, 3.8) is 0 Å². The van der Waals surface area contributed by atoms with E-state index in [1.807, 2.05) is 17.0 Å². The van der Waals surface area contributed by atoms with Crippen LogP contribution in [0.15, 0.2) is 53.5 Å². The van der Waals surface area contributed by atoms with Crippen molar-refractivity contribution in [2.45, 2.75) is 70.0 Å². The van der Waals surface area contributed by atoms with Gasteiger partial charge in [0.1, 0.15) is 17.2 Å². The first-order chi connectivity index (χ1) is 17.3. The number of carboxylic acids is 1. The molecule has 190 valence electrons. The van der Waals surface area contributed by atoms with Gasteiger partial charge in [-0.3, -0.25) is 19.4 Å². The molecular weight excluding hydrogens is 461 g/mol. The molecule has 1 spiro atoms. The van der Waals surface area contributed by atoms with Crippen LogP contribution in [0.1, 0.15) is 85.8 Å². The molecule has 2 N–H and O–H groups in total. The molecule has 2 aliphatic rings. The van der Waals surface area contributed by atoms with E-state index in [9.17, 15) is 18.8 Å². The van der Waals surface area contributed by atoms with Crippen molar-refractivity contribution in [2.24, 2.45) is 4.99 Å². The number of aliphatic imine (C=N–C) groups is 1. The van der Waals surface area contributed by atoms with Gasteiger partial charge in [-0.15, -0.1) is 0 Å². The van der Waals surface area contributed by atoms with Crippen LogP contribution in [-0.4, -0.2) is 45.7 Å². The van der Waals surface area contributed by atoms with Crippen LogP contribution in [-0.2, 0) is 9.59 Å². The molecule has 36 heavy (non-hydrogen) atoms. The number of amides is 2. The molecule has 8 heteroatoms. The van der Waals surface area contributed by atoms with Crippen LogP contribution in [0.3, 0.4) is 0 Å². The van der Waals surface area contributed by atoms with Crippen molar-refractivity contribution in [3.05, 3.63) is 71.0 Å². The average molecular weight is 494 g/mol. The predicted molar refractivity (Wildman–Crippen MR) is 134 cm³/mol. The second-order valence-corrected chi connectivity index (χ2v) is 9.52. The van der Waals surface area contributed by atoms with E-state index < -0.39 is 17.4 Å². The number of nitrogens with one attached hydrogen (secondary N) is 1. The van der Waals surface area contributed by atoms with E-state index in [1.54, 1.807) is 24.3 Å². The zero-order chi connectivity index (χ0) is 25.7. The second-order valence-electron chi connectivity index (χ2n) is 9.52. The van der Waals surface area contributed by atoms with Gasteiger partial charge in [-0.25, -0.2) is 4.39 Å². The molecule has 1 unspecified atom stereocenters. The molecule has 1 atom stereocenters. The Morgan fingerprint density at radius 2 is 1.86 bits per heavy atom. The quantitative estimate of drug-likeness (QED) is 0.521. The lowest BCUT2D eigenvalue weighted by atomic mass is 9.86. The van der Waals surface area contributed by atoms with Crippen molar-refractivity contribution in [2.75, 3.05) is 6.54 Å². The molecule has 1 saturated carbocycles. The maximum atomic E-state index is 14.0. The van der Waals surface area contributed by atoms with Crippen LogP contribution in [0.2, 0.25) is 0 Å². The number of hydrogen-bond donors (Lipinski definition) is 2. The van der Waals surface area contributed by atoms with Gasteiger partial charge >= 0.3 is 5.97 Å². The smallest absolute Gasteiger partial charge is 0.305 e. The summed E-state index contributed by atoms with van der Waals surface area (Å²) in [6, 6.07) is 12.9. The SMILES string of the molecule is CCCC(c1ccc(C(=O)NCCC(=O)O)cc1)N1C(=O)C(c2cccc(F)c2)=NC12CCCCC2. The summed E-state index contributed by atoms with van der Waals surface area (Å²) in [7, 11) is 0. The molecule has 0 aromatic heterocycles. The summed E-state index contributed by atoms with van der Waals surface area (Å²) < 4.78 is 14.0. The molecule has 7 nitrogen and oxygen atoms in total. The number of halogens is 1. The molecule has 0 saturated heterocycles. The summed E-state index contributed by atoms with van der Waals surface area (Å²) in [6.45, 7) is 2.12. The van der Waals surface area contributed by atoms with Gasteiger partial charge in [0, 0.05) is 17.7 Å². The van der Waals surface area contributed by atoms with Gasteiger partial charge in [0.15, 0.2) is 0 Å². The summed E-state index contributed by atoms with van der Waals surface area (Å²) >= 11 is 0. The third-order valence-electron chi connectivity index (χ3n) is 7.00. The highest BCUT2D eigenvalue weighted by atomic mass is 19.1. The molecule has 4 rings (SSSR count). The van der Waals surface area contributed by atoms with Crippen LogP contribution in [0.4, 0.5) is 4.39 Å². The normalized spacial score (nSPS) is 17.7. The van der Waals surface area contributed by atoms with E-state index in [2.05, 4.69) is 12.2 Å². The largest absolute Gasteiger partial charge is 0.481 e. The molecule has 0 radical (unpaired) electrons. The molecule has 2 aromatic carbocycles. The molecule has 2 amide bonds. The van der Waals surface area contributed by atoms with Gasteiger partial charge in [0.2, 0.25) is 0 Å². The minimum absolute atomic E-state index is 0.0549. The Hall–Kier alpha value is -3.55.